The van der Waals surface area contributed by atoms with Crippen molar-refractivity contribution in [3.8, 4) is 0 Å². The number of carbonyl (C=O) groups is 1. The third-order valence-electron chi connectivity index (χ3n) is 5.11. The van der Waals surface area contributed by atoms with Crippen LogP contribution in [0.25, 0.3) is 0 Å². The van der Waals surface area contributed by atoms with Crippen LogP contribution in [0.2, 0.25) is 0 Å². The number of hydrogen-bond acceptors (Lipinski definition) is 2. The van der Waals surface area contributed by atoms with E-state index in [4.69, 9.17) is 4.74 Å². The van der Waals surface area contributed by atoms with Crippen LogP contribution in [0, 0.1) is 13.8 Å². The van der Waals surface area contributed by atoms with E-state index in [1.165, 1.54) is 16.7 Å². The summed E-state index contributed by atoms with van der Waals surface area (Å²) < 4.78 is 5.54. The lowest BCUT2D eigenvalue weighted by atomic mass is 9.99. The molecule has 4 heteroatoms. The Balaban J connectivity index is 1.72. The van der Waals surface area contributed by atoms with Gasteiger partial charge < -0.3 is 15.0 Å². The van der Waals surface area contributed by atoms with Crippen molar-refractivity contribution in [2.24, 2.45) is 0 Å². The molecule has 0 aromatic heterocycles. The average Bonchev–Trinajstić information content (AvgIpc) is 3.12. The minimum Gasteiger partial charge on any atom is -0.376 e. The maximum atomic E-state index is 12.6. The third-order valence-corrected chi connectivity index (χ3v) is 5.11. The lowest BCUT2D eigenvalue weighted by molar-refractivity contribution is 0.111. The Morgan fingerprint density at radius 3 is 2.77 bits per heavy atom. The molecule has 2 fully saturated rings. The first-order valence-corrected chi connectivity index (χ1v) is 8.32. The zero-order valence-corrected chi connectivity index (χ0v) is 13.8. The van der Waals surface area contributed by atoms with E-state index in [1.807, 2.05) is 11.8 Å². The third kappa shape index (κ3) is 2.98. The first-order valence-electron chi connectivity index (χ1n) is 8.32. The van der Waals surface area contributed by atoms with E-state index in [1.54, 1.807) is 0 Å². The fourth-order valence-corrected chi connectivity index (χ4v) is 3.49. The van der Waals surface area contributed by atoms with E-state index in [2.05, 4.69) is 37.4 Å². The van der Waals surface area contributed by atoms with Crippen LogP contribution in [0.1, 0.15) is 48.9 Å². The number of benzene rings is 1. The van der Waals surface area contributed by atoms with Crippen molar-refractivity contribution in [3.63, 3.8) is 0 Å². The Bertz CT molecular complexity index is 558. The van der Waals surface area contributed by atoms with Crippen molar-refractivity contribution >= 4 is 6.03 Å². The van der Waals surface area contributed by atoms with Crippen molar-refractivity contribution in [2.45, 2.75) is 58.2 Å². The second-order valence-corrected chi connectivity index (χ2v) is 6.62. The van der Waals surface area contributed by atoms with E-state index >= 15 is 0 Å². The average molecular weight is 302 g/mol. The molecular weight excluding hydrogens is 276 g/mol. The highest BCUT2D eigenvalue weighted by atomic mass is 16.5. The molecule has 1 aromatic rings. The monoisotopic (exact) mass is 302 g/mol. The van der Waals surface area contributed by atoms with Gasteiger partial charge in [-0.1, -0.05) is 18.2 Å². The number of nitrogens with zero attached hydrogens (tertiary/aromatic N) is 1. The second kappa shape index (κ2) is 6.29. The SMILES string of the molecule is Cc1ccc([C@@H]2CCCN2C(=O)N[C@H]2CCO[C@@H]2C)cc1C. The number of aryl methyl sites for hydroxylation is 2. The normalized spacial score (nSPS) is 28.1. The van der Waals surface area contributed by atoms with E-state index in [0.29, 0.717) is 0 Å². The van der Waals surface area contributed by atoms with Crippen LogP contribution in [0.3, 0.4) is 0 Å². The molecule has 0 unspecified atom stereocenters. The fourth-order valence-electron chi connectivity index (χ4n) is 3.49. The molecule has 2 heterocycles. The summed E-state index contributed by atoms with van der Waals surface area (Å²) in [5, 5.41) is 3.16. The lowest BCUT2D eigenvalue weighted by Gasteiger charge is -2.28. The zero-order chi connectivity index (χ0) is 15.7. The second-order valence-electron chi connectivity index (χ2n) is 6.62. The first kappa shape index (κ1) is 15.3. The quantitative estimate of drug-likeness (QED) is 0.910. The van der Waals surface area contributed by atoms with Crippen LogP contribution >= 0.6 is 0 Å². The Morgan fingerprint density at radius 1 is 1.27 bits per heavy atom. The molecule has 0 saturated carbocycles. The molecule has 0 bridgehead atoms. The summed E-state index contributed by atoms with van der Waals surface area (Å²) in [5.41, 5.74) is 3.85. The lowest BCUT2D eigenvalue weighted by Crippen LogP contribution is -2.46. The van der Waals surface area contributed by atoms with Gasteiger partial charge in [-0.05, 0) is 56.7 Å². The highest BCUT2D eigenvalue weighted by Crippen LogP contribution is 2.33. The van der Waals surface area contributed by atoms with Gasteiger partial charge >= 0.3 is 6.03 Å². The molecule has 2 amide bonds. The summed E-state index contributed by atoms with van der Waals surface area (Å²) in [5.74, 6) is 0. The predicted molar refractivity (Wildman–Crippen MR) is 86.9 cm³/mol. The number of amides is 2. The van der Waals surface area contributed by atoms with Gasteiger partial charge in [0, 0.05) is 13.2 Å². The van der Waals surface area contributed by atoms with Crippen LogP contribution in [-0.4, -0.2) is 36.2 Å². The Kier molecular flexibility index (Phi) is 4.39. The van der Waals surface area contributed by atoms with Crippen molar-refractivity contribution < 1.29 is 9.53 Å². The fraction of sp³-hybridized carbons (Fsp3) is 0.611. The molecule has 4 nitrogen and oxygen atoms in total. The number of hydrogen-bond donors (Lipinski definition) is 1. The van der Waals surface area contributed by atoms with Gasteiger partial charge in [-0.15, -0.1) is 0 Å². The summed E-state index contributed by atoms with van der Waals surface area (Å²) in [4.78, 5) is 14.6. The maximum Gasteiger partial charge on any atom is 0.318 e. The van der Waals surface area contributed by atoms with Crippen LogP contribution in [0.15, 0.2) is 18.2 Å². The Hall–Kier alpha value is -1.55. The maximum absolute atomic E-state index is 12.6. The molecule has 3 rings (SSSR count). The first-order chi connectivity index (χ1) is 10.6. The highest BCUT2D eigenvalue weighted by molar-refractivity contribution is 5.75. The summed E-state index contributed by atoms with van der Waals surface area (Å²) in [6.45, 7) is 7.87. The van der Waals surface area contributed by atoms with Crippen LogP contribution in [-0.2, 0) is 4.74 Å². The van der Waals surface area contributed by atoms with Crippen LogP contribution in [0.4, 0.5) is 4.79 Å². The molecule has 0 radical (unpaired) electrons. The summed E-state index contributed by atoms with van der Waals surface area (Å²) in [7, 11) is 0. The smallest absolute Gasteiger partial charge is 0.318 e. The Labute approximate surface area is 132 Å². The summed E-state index contributed by atoms with van der Waals surface area (Å²) >= 11 is 0. The standard InChI is InChI=1S/C18H26N2O2/c1-12-6-7-15(11-13(12)2)17-5-4-9-20(17)18(21)19-16-8-10-22-14(16)3/h6-7,11,14,16-17H,4-5,8-10H2,1-3H3,(H,19,21)/t14-,16+,17+/m1/s1. The molecule has 22 heavy (non-hydrogen) atoms. The molecular formula is C18H26N2O2. The van der Waals surface area contributed by atoms with E-state index in [0.717, 1.165) is 32.4 Å². The van der Waals surface area contributed by atoms with Crippen LogP contribution in [0.5, 0.6) is 0 Å². The molecule has 0 aliphatic carbocycles. The minimum absolute atomic E-state index is 0.0584. The van der Waals surface area contributed by atoms with Gasteiger partial charge in [-0.25, -0.2) is 4.79 Å². The van der Waals surface area contributed by atoms with Crippen molar-refractivity contribution in [3.05, 3.63) is 34.9 Å². The van der Waals surface area contributed by atoms with Crippen molar-refractivity contribution in [2.75, 3.05) is 13.2 Å². The summed E-state index contributed by atoms with van der Waals surface area (Å²) in [6.07, 6.45) is 3.15. The van der Waals surface area contributed by atoms with Crippen LogP contribution < -0.4 is 5.32 Å². The van der Waals surface area contributed by atoms with E-state index < -0.39 is 0 Å². The number of likely N-dealkylation sites (tertiary alicyclic amines) is 1. The summed E-state index contributed by atoms with van der Waals surface area (Å²) in [6, 6.07) is 6.96. The highest BCUT2D eigenvalue weighted by Gasteiger charge is 2.33. The number of urea groups is 1. The van der Waals surface area contributed by atoms with Gasteiger partial charge in [0.05, 0.1) is 18.2 Å². The van der Waals surface area contributed by atoms with Crippen molar-refractivity contribution in [1.82, 2.24) is 10.2 Å². The molecule has 1 aromatic carbocycles. The number of carbonyl (C=O) groups excluding carboxylic acids is 1. The van der Waals surface area contributed by atoms with E-state index in [9.17, 15) is 4.79 Å². The minimum atomic E-state index is 0.0584. The zero-order valence-electron chi connectivity index (χ0n) is 13.8. The van der Waals surface area contributed by atoms with Gasteiger partial charge in [-0.3, -0.25) is 0 Å². The van der Waals surface area contributed by atoms with Crippen molar-refractivity contribution in [1.29, 1.82) is 0 Å². The molecule has 2 aliphatic rings. The van der Waals surface area contributed by atoms with Gasteiger partial charge in [0.1, 0.15) is 0 Å². The predicted octanol–water partition coefficient (Wildman–Crippen LogP) is 3.33. The Morgan fingerprint density at radius 2 is 2.09 bits per heavy atom. The molecule has 2 saturated heterocycles. The number of rotatable bonds is 2. The molecule has 0 spiro atoms. The van der Waals surface area contributed by atoms with Gasteiger partial charge in [-0.2, -0.15) is 0 Å². The van der Waals surface area contributed by atoms with Gasteiger partial charge in [0.2, 0.25) is 0 Å². The molecule has 3 atom stereocenters. The van der Waals surface area contributed by atoms with E-state index in [-0.39, 0.29) is 24.2 Å². The molecule has 2 aliphatic heterocycles. The number of ether oxygens (including phenoxy) is 1. The largest absolute Gasteiger partial charge is 0.376 e. The molecule has 1 N–H and O–H groups in total. The van der Waals surface area contributed by atoms with Gasteiger partial charge in [0.15, 0.2) is 0 Å². The van der Waals surface area contributed by atoms with Gasteiger partial charge in [0.25, 0.3) is 0 Å². The molecule has 120 valence electrons. The number of nitrogens with one attached hydrogen (secondary N) is 1. The topological polar surface area (TPSA) is 41.6 Å².